The van der Waals surface area contributed by atoms with Gasteiger partial charge in [0.15, 0.2) is 11.1 Å². The second kappa shape index (κ2) is 7.88. The molecule has 2 aliphatic rings. The summed E-state index contributed by atoms with van der Waals surface area (Å²) in [6.45, 7) is 0.933. The lowest BCUT2D eigenvalue weighted by Gasteiger charge is -2.52. The third-order valence-electron chi connectivity index (χ3n) is 6.32. The minimum absolute atomic E-state index is 0.0750. The number of benzene rings is 1. The van der Waals surface area contributed by atoms with Crippen molar-refractivity contribution in [2.24, 2.45) is 10.7 Å². The van der Waals surface area contributed by atoms with Gasteiger partial charge in [-0.15, -0.1) is 0 Å². The molecule has 1 atom stereocenters. The Balaban J connectivity index is 1.71. The van der Waals surface area contributed by atoms with Crippen molar-refractivity contribution in [1.82, 2.24) is 4.98 Å². The van der Waals surface area contributed by atoms with E-state index in [0.29, 0.717) is 0 Å². The SMILES string of the molecule is CC1(c2cc(NC(=O)c3ccc(F)cn3)ccc2F)N=C(N)OC2(CCC(F)(F)CC2)C1(F)F. The summed E-state index contributed by atoms with van der Waals surface area (Å²) in [6.07, 6.45) is -2.32. The van der Waals surface area contributed by atoms with Gasteiger partial charge in [0.05, 0.1) is 6.20 Å². The van der Waals surface area contributed by atoms with Gasteiger partial charge in [0.1, 0.15) is 17.3 Å². The highest BCUT2D eigenvalue weighted by molar-refractivity contribution is 6.02. The standard InChI is InChI=1S/C22H20F6N4O2/c1-19(22(27,28)20(34-18(29)32-19)6-8-21(25,26)9-7-20)14-10-13(3-4-15(14)24)31-17(33)16-5-2-12(23)11-30-16/h2-5,10-11H,6-9H2,1H3,(H2,29,32)(H,31,33). The molecular formula is C22H20F6N4O2. The molecule has 1 aromatic carbocycles. The molecule has 0 bridgehead atoms. The van der Waals surface area contributed by atoms with Gasteiger partial charge in [-0.3, -0.25) is 4.79 Å². The fourth-order valence-electron chi connectivity index (χ4n) is 4.37. The first-order valence-electron chi connectivity index (χ1n) is 10.3. The Morgan fingerprint density at radius 2 is 1.74 bits per heavy atom. The first kappa shape index (κ1) is 23.8. The predicted molar refractivity (Wildman–Crippen MR) is 110 cm³/mol. The number of anilines is 1. The number of aliphatic imine (C=N–C) groups is 1. The monoisotopic (exact) mass is 486 g/mol. The van der Waals surface area contributed by atoms with Crippen molar-refractivity contribution in [1.29, 1.82) is 0 Å². The summed E-state index contributed by atoms with van der Waals surface area (Å²) in [5.74, 6) is -9.61. The number of hydrogen-bond acceptors (Lipinski definition) is 5. The maximum atomic E-state index is 15.9. The Labute approximate surface area is 190 Å². The molecule has 4 rings (SSSR count). The number of nitrogens with zero attached hydrogens (tertiary/aromatic N) is 2. The minimum Gasteiger partial charge on any atom is -0.452 e. The van der Waals surface area contributed by atoms with Crippen LogP contribution in [0.3, 0.4) is 0 Å². The van der Waals surface area contributed by atoms with Crippen molar-refractivity contribution < 1.29 is 35.9 Å². The smallest absolute Gasteiger partial charge is 0.315 e. The molecule has 0 radical (unpaired) electrons. The quantitative estimate of drug-likeness (QED) is 0.613. The second-order valence-corrected chi connectivity index (χ2v) is 8.56. The fraction of sp³-hybridized carbons (Fsp3) is 0.409. The zero-order valence-electron chi connectivity index (χ0n) is 17.8. The van der Waals surface area contributed by atoms with Crippen LogP contribution in [-0.4, -0.2) is 34.4 Å². The van der Waals surface area contributed by atoms with Crippen LogP contribution >= 0.6 is 0 Å². The molecule has 12 heteroatoms. The topological polar surface area (TPSA) is 89.6 Å². The van der Waals surface area contributed by atoms with E-state index in [4.69, 9.17) is 10.5 Å². The van der Waals surface area contributed by atoms with E-state index in [1.54, 1.807) is 0 Å². The highest BCUT2D eigenvalue weighted by atomic mass is 19.3. The van der Waals surface area contributed by atoms with Gasteiger partial charge in [-0.25, -0.2) is 27.5 Å². The summed E-state index contributed by atoms with van der Waals surface area (Å²) < 4.78 is 92.4. The van der Waals surface area contributed by atoms with E-state index in [1.807, 2.05) is 0 Å². The number of amidine groups is 1. The zero-order valence-corrected chi connectivity index (χ0v) is 17.8. The summed E-state index contributed by atoms with van der Waals surface area (Å²) in [5.41, 5.74) is -0.215. The average Bonchev–Trinajstić information content (AvgIpc) is 2.76. The van der Waals surface area contributed by atoms with Crippen molar-refractivity contribution in [3.63, 3.8) is 0 Å². The number of rotatable bonds is 3. The molecule has 34 heavy (non-hydrogen) atoms. The summed E-state index contributed by atoms with van der Waals surface area (Å²) >= 11 is 0. The lowest BCUT2D eigenvalue weighted by Crippen LogP contribution is -2.66. The lowest BCUT2D eigenvalue weighted by molar-refractivity contribution is -0.250. The molecule has 1 aliphatic carbocycles. The van der Waals surface area contributed by atoms with Crippen LogP contribution in [0.25, 0.3) is 0 Å². The third-order valence-corrected chi connectivity index (χ3v) is 6.32. The van der Waals surface area contributed by atoms with Crippen LogP contribution in [0.2, 0.25) is 0 Å². The van der Waals surface area contributed by atoms with Gasteiger partial charge in [-0.05, 0) is 50.1 Å². The van der Waals surface area contributed by atoms with E-state index in [-0.39, 0.29) is 11.4 Å². The molecule has 1 aromatic heterocycles. The van der Waals surface area contributed by atoms with Crippen molar-refractivity contribution in [3.05, 3.63) is 59.4 Å². The number of aromatic nitrogens is 1. The zero-order chi connectivity index (χ0) is 24.9. The largest absolute Gasteiger partial charge is 0.452 e. The van der Waals surface area contributed by atoms with Gasteiger partial charge >= 0.3 is 5.92 Å². The molecule has 182 valence electrons. The lowest BCUT2D eigenvalue weighted by atomic mass is 9.69. The van der Waals surface area contributed by atoms with Crippen LogP contribution in [0.15, 0.2) is 41.5 Å². The number of amides is 1. The number of pyridine rings is 1. The Morgan fingerprint density at radius 1 is 1.06 bits per heavy atom. The maximum Gasteiger partial charge on any atom is 0.315 e. The Morgan fingerprint density at radius 3 is 2.35 bits per heavy atom. The Kier molecular flexibility index (Phi) is 5.52. The fourth-order valence-corrected chi connectivity index (χ4v) is 4.37. The molecule has 1 amide bonds. The van der Waals surface area contributed by atoms with Crippen LogP contribution in [0.4, 0.5) is 32.0 Å². The Hall–Kier alpha value is -3.31. The first-order valence-corrected chi connectivity index (χ1v) is 10.3. The summed E-state index contributed by atoms with van der Waals surface area (Å²) in [4.78, 5) is 19.7. The van der Waals surface area contributed by atoms with E-state index in [2.05, 4.69) is 15.3 Å². The van der Waals surface area contributed by atoms with Crippen LogP contribution in [0.1, 0.15) is 48.7 Å². The predicted octanol–water partition coefficient (Wildman–Crippen LogP) is 4.76. The highest BCUT2D eigenvalue weighted by Crippen LogP contribution is 2.58. The second-order valence-electron chi connectivity index (χ2n) is 8.56. The number of carbonyl (C=O) groups is 1. The van der Waals surface area contributed by atoms with Crippen molar-refractivity contribution >= 4 is 17.6 Å². The molecule has 1 fully saturated rings. The van der Waals surface area contributed by atoms with Crippen LogP contribution in [0.5, 0.6) is 0 Å². The van der Waals surface area contributed by atoms with Gasteiger partial charge in [-0.2, -0.15) is 8.78 Å². The van der Waals surface area contributed by atoms with Gasteiger partial charge in [0, 0.05) is 24.1 Å². The van der Waals surface area contributed by atoms with Crippen molar-refractivity contribution in [2.45, 2.75) is 55.6 Å². The van der Waals surface area contributed by atoms with Crippen LogP contribution in [0, 0.1) is 11.6 Å². The molecule has 2 heterocycles. The molecule has 1 saturated carbocycles. The number of carbonyl (C=O) groups excluding carboxylic acids is 1. The highest BCUT2D eigenvalue weighted by Gasteiger charge is 2.71. The minimum atomic E-state index is -3.94. The van der Waals surface area contributed by atoms with E-state index in [9.17, 15) is 22.4 Å². The van der Waals surface area contributed by atoms with Gasteiger partial charge in [0.2, 0.25) is 5.92 Å². The van der Waals surface area contributed by atoms with E-state index in [0.717, 1.165) is 43.5 Å². The number of halogens is 6. The van der Waals surface area contributed by atoms with Crippen molar-refractivity contribution in [3.8, 4) is 0 Å². The van der Waals surface area contributed by atoms with E-state index < -0.39 is 77.8 Å². The normalized spacial score (nSPS) is 24.7. The number of alkyl halides is 4. The molecule has 1 unspecified atom stereocenters. The van der Waals surface area contributed by atoms with Gasteiger partial charge in [0.25, 0.3) is 11.9 Å². The van der Waals surface area contributed by atoms with Gasteiger partial charge in [-0.1, -0.05) is 0 Å². The first-order chi connectivity index (χ1) is 15.8. The summed E-state index contributed by atoms with van der Waals surface area (Å²) in [6, 6.07) is 4.38. The maximum absolute atomic E-state index is 15.9. The molecule has 3 N–H and O–H groups in total. The van der Waals surface area contributed by atoms with Crippen LogP contribution in [-0.2, 0) is 10.3 Å². The Bertz CT molecular complexity index is 1140. The molecular weight excluding hydrogens is 466 g/mol. The molecule has 2 aromatic rings. The number of hydrogen-bond donors (Lipinski definition) is 2. The van der Waals surface area contributed by atoms with Gasteiger partial charge < -0.3 is 15.8 Å². The molecule has 0 saturated heterocycles. The van der Waals surface area contributed by atoms with Crippen LogP contribution < -0.4 is 11.1 Å². The number of ether oxygens (including phenoxy) is 1. The van der Waals surface area contributed by atoms with Crippen molar-refractivity contribution in [2.75, 3.05) is 5.32 Å². The average molecular weight is 486 g/mol. The molecule has 1 spiro atoms. The summed E-state index contributed by atoms with van der Waals surface area (Å²) in [7, 11) is 0. The number of nitrogens with two attached hydrogens (primary N) is 1. The molecule has 1 aliphatic heterocycles. The summed E-state index contributed by atoms with van der Waals surface area (Å²) in [5, 5.41) is 2.38. The van der Waals surface area contributed by atoms with E-state index in [1.165, 1.54) is 0 Å². The third kappa shape index (κ3) is 3.84. The number of nitrogens with one attached hydrogen (secondary N) is 1. The van der Waals surface area contributed by atoms with E-state index >= 15 is 8.78 Å². The molecule has 6 nitrogen and oxygen atoms in total.